The summed E-state index contributed by atoms with van der Waals surface area (Å²) in [4.78, 5) is 19.6. The standard InChI is InChI=1S/C24H22N4O2/c25-24(29)19-7-10-23(28-16-19)30-20-8-5-17(6-9-20)11-13-26-15-18-12-14-27-22-4-2-1-3-21(18)22/h1-10,12,14,16,26H,11,13,15H2,(H2,25,29). The molecule has 3 N–H and O–H groups in total. The van der Waals surface area contributed by atoms with E-state index in [9.17, 15) is 4.79 Å². The van der Waals surface area contributed by atoms with Crippen LogP contribution in [-0.2, 0) is 13.0 Å². The van der Waals surface area contributed by atoms with Gasteiger partial charge in [-0.3, -0.25) is 9.78 Å². The highest BCUT2D eigenvalue weighted by molar-refractivity contribution is 5.92. The number of para-hydroxylation sites is 1. The number of hydrogen-bond donors (Lipinski definition) is 2. The van der Waals surface area contributed by atoms with Crippen LogP contribution in [0.25, 0.3) is 10.9 Å². The molecule has 0 saturated heterocycles. The van der Waals surface area contributed by atoms with Gasteiger partial charge < -0.3 is 15.8 Å². The molecule has 4 rings (SSSR count). The number of hydrogen-bond acceptors (Lipinski definition) is 5. The van der Waals surface area contributed by atoms with Gasteiger partial charge in [0.1, 0.15) is 5.75 Å². The summed E-state index contributed by atoms with van der Waals surface area (Å²) >= 11 is 0. The molecule has 2 aromatic carbocycles. The van der Waals surface area contributed by atoms with E-state index in [4.69, 9.17) is 10.5 Å². The van der Waals surface area contributed by atoms with Crippen LogP contribution in [0.4, 0.5) is 0 Å². The highest BCUT2D eigenvalue weighted by Gasteiger charge is 2.04. The molecule has 1 amide bonds. The molecule has 6 heteroatoms. The van der Waals surface area contributed by atoms with Gasteiger partial charge >= 0.3 is 0 Å². The molecule has 0 atom stereocenters. The van der Waals surface area contributed by atoms with Crippen molar-refractivity contribution in [2.75, 3.05) is 6.54 Å². The first-order valence-corrected chi connectivity index (χ1v) is 9.75. The number of nitrogens with zero attached hydrogens (tertiary/aromatic N) is 2. The maximum atomic E-state index is 11.1. The predicted molar refractivity (Wildman–Crippen MR) is 116 cm³/mol. The first kappa shape index (κ1) is 19.5. The molecule has 150 valence electrons. The van der Waals surface area contributed by atoms with Gasteiger partial charge in [-0.05, 0) is 54.4 Å². The van der Waals surface area contributed by atoms with E-state index in [0.29, 0.717) is 17.2 Å². The number of fused-ring (bicyclic) bond motifs is 1. The molecule has 2 aromatic heterocycles. The number of carbonyl (C=O) groups is 1. The Morgan fingerprint density at radius 1 is 0.967 bits per heavy atom. The third-order valence-corrected chi connectivity index (χ3v) is 4.81. The summed E-state index contributed by atoms with van der Waals surface area (Å²) in [6.07, 6.45) is 4.17. The van der Waals surface area contributed by atoms with E-state index in [1.54, 1.807) is 12.1 Å². The molecule has 0 radical (unpaired) electrons. The van der Waals surface area contributed by atoms with Crippen molar-refractivity contribution in [1.82, 2.24) is 15.3 Å². The molecule has 0 aliphatic heterocycles. The number of nitrogens with one attached hydrogen (secondary N) is 1. The van der Waals surface area contributed by atoms with Crippen LogP contribution >= 0.6 is 0 Å². The van der Waals surface area contributed by atoms with Gasteiger partial charge in [0.05, 0.1) is 11.1 Å². The predicted octanol–water partition coefficient (Wildman–Crippen LogP) is 3.85. The minimum atomic E-state index is -0.510. The zero-order valence-corrected chi connectivity index (χ0v) is 16.4. The average molecular weight is 398 g/mol. The van der Waals surface area contributed by atoms with Crippen LogP contribution in [0, 0.1) is 0 Å². The van der Waals surface area contributed by atoms with Crippen LogP contribution < -0.4 is 15.8 Å². The second-order valence-corrected chi connectivity index (χ2v) is 6.91. The molecule has 0 aliphatic carbocycles. The quantitative estimate of drug-likeness (QED) is 0.440. The van der Waals surface area contributed by atoms with E-state index in [1.165, 1.54) is 22.7 Å². The van der Waals surface area contributed by atoms with Gasteiger partial charge in [0.2, 0.25) is 11.8 Å². The molecule has 2 heterocycles. The van der Waals surface area contributed by atoms with E-state index in [0.717, 1.165) is 25.0 Å². The van der Waals surface area contributed by atoms with Gasteiger partial charge in [0, 0.05) is 30.4 Å². The second-order valence-electron chi connectivity index (χ2n) is 6.91. The fourth-order valence-corrected chi connectivity index (χ4v) is 3.20. The van der Waals surface area contributed by atoms with Crippen molar-refractivity contribution in [1.29, 1.82) is 0 Å². The molecule has 0 unspecified atom stereocenters. The lowest BCUT2D eigenvalue weighted by atomic mass is 10.1. The van der Waals surface area contributed by atoms with Crippen molar-refractivity contribution in [3.05, 3.63) is 95.8 Å². The number of rotatable bonds is 8. The number of aromatic nitrogens is 2. The average Bonchev–Trinajstić information content (AvgIpc) is 2.78. The second kappa shape index (κ2) is 9.15. The van der Waals surface area contributed by atoms with Crippen LogP contribution in [0.5, 0.6) is 11.6 Å². The van der Waals surface area contributed by atoms with E-state index in [-0.39, 0.29) is 0 Å². The number of nitrogens with two attached hydrogens (primary N) is 1. The minimum absolute atomic E-state index is 0.352. The number of carbonyl (C=O) groups excluding carboxylic acids is 1. The van der Waals surface area contributed by atoms with Crippen LogP contribution in [0.2, 0.25) is 0 Å². The van der Waals surface area contributed by atoms with E-state index in [1.807, 2.05) is 48.7 Å². The van der Waals surface area contributed by atoms with Crippen molar-refractivity contribution >= 4 is 16.8 Å². The lowest BCUT2D eigenvalue weighted by Crippen LogP contribution is -2.16. The van der Waals surface area contributed by atoms with Crippen LogP contribution in [0.3, 0.4) is 0 Å². The van der Waals surface area contributed by atoms with Gasteiger partial charge in [-0.25, -0.2) is 4.98 Å². The summed E-state index contributed by atoms with van der Waals surface area (Å²) in [5.41, 5.74) is 9.05. The Morgan fingerprint density at radius 2 is 1.80 bits per heavy atom. The molecular formula is C24H22N4O2. The van der Waals surface area contributed by atoms with Crippen molar-refractivity contribution < 1.29 is 9.53 Å². The summed E-state index contributed by atoms with van der Waals surface area (Å²) in [5, 5.41) is 4.69. The van der Waals surface area contributed by atoms with Gasteiger partial charge in [-0.15, -0.1) is 0 Å². The largest absolute Gasteiger partial charge is 0.439 e. The van der Waals surface area contributed by atoms with Crippen molar-refractivity contribution in [2.24, 2.45) is 5.73 Å². The zero-order chi connectivity index (χ0) is 20.8. The lowest BCUT2D eigenvalue weighted by molar-refractivity contribution is 0.1000. The van der Waals surface area contributed by atoms with Gasteiger partial charge in [0.15, 0.2) is 0 Å². The highest BCUT2D eigenvalue weighted by Crippen LogP contribution is 2.20. The molecule has 0 spiro atoms. The Morgan fingerprint density at radius 3 is 2.57 bits per heavy atom. The Bertz CT molecular complexity index is 1140. The highest BCUT2D eigenvalue weighted by atomic mass is 16.5. The zero-order valence-electron chi connectivity index (χ0n) is 16.4. The van der Waals surface area contributed by atoms with Crippen LogP contribution in [0.1, 0.15) is 21.5 Å². The van der Waals surface area contributed by atoms with Gasteiger partial charge in [0.25, 0.3) is 0 Å². The van der Waals surface area contributed by atoms with Crippen LogP contribution in [-0.4, -0.2) is 22.4 Å². The van der Waals surface area contributed by atoms with Crippen molar-refractivity contribution in [3.63, 3.8) is 0 Å². The molecule has 0 saturated carbocycles. The topological polar surface area (TPSA) is 90.1 Å². The fourth-order valence-electron chi connectivity index (χ4n) is 3.20. The fraction of sp³-hybridized carbons (Fsp3) is 0.125. The van der Waals surface area contributed by atoms with E-state index >= 15 is 0 Å². The molecular weight excluding hydrogens is 376 g/mol. The molecule has 30 heavy (non-hydrogen) atoms. The van der Waals surface area contributed by atoms with E-state index < -0.39 is 5.91 Å². The summed E-state index contributed by atoms with van der Waals surface area (Å²) in [5.74, 6) is 0.595. The first-order valence-electron chi connectivity index (χ1n) is 9.75. The van der Waals surface area contributed by atoms with Gasteiger partial charge in [-0.2, -0.15) is 0 Å². The smallest absolute Gasteiger partial charge is 0.250 e. The van der Waals surface area contributed by atoms with Crippen molar-refractivity contribution in [3.8, 4) is 11.6 Å². The van der Waals surface area contributed by atoms with Crippen molar-refractivity contribution in [2.45, 2.75) is 13.0 Å². The first-order chi connectivity index (χ1) is 14.7. The minimum Gasteiger partial charge on any atom is -0.439 e. The van der Waals surface area contributed by atoms with E-state index in [2.05, 4.69) is 27.4 Å². The number of ether oxygens (including phenoxy) is 1. The molecule has 0 fully saturated rings. The number of amides is 1. The normalized spacial score (nSPS) is 10.8. The summed E-state index contributed by atoms with van der Waals surface area (Å²) < 4.78 is 5.71. The molecule has 4 aromatic rings. The molecule has 0 aliphatic rings. The Kier molecular flexibility index (Phi) is 5.96. The summed E-state index contributed by atoms with van der Waals surface area (Å²) in [6, 6.07) is 21.4. The number of primary amides is 1. The maximum absolute atomic E-state index is 11.1. The Labute approximate surface area is 174 Å². The number of pyridine rings is 2. The molecule has 0 bridgehead atoms. The third-order valence-electron chi connectivity index (χ3n) is 4.81. The summed E-state index contributed by atoms with van der Waals surface area (Å²) in [6.45, 7) is 1.67. The van der Waals surface area contributed by atoms with Crippen LogP contribution in [0.15, 0.2) is 79.1 Å². The Balaban J connectivity index is 1.28. The third kappa shape index (κ3) is 4.79. The SMILES string of the molecule is NC(=O)c1ccc(Oc2ccc(CCNCc3ccnc4ccccc34)cc2)nc1. The Hall–Kier alpha value is -3.77. The van der Waals surface area contributed by atoms with Gasteiger partial charge in [-0.1, -0.05) is 30.3 Å². The summed E-state index contributed by atoms with van der Waals surface area (Å²) in [7, 11) is 0. The lowest BCUT2D eigenvalue weighted by Gasteiger charge is -2.09. The maximum Gasteiger partial charge on any atom is 0.250 e. The molecule has 6 nitrogen and oxygen atoms in total. The number of benzene rings is 2. The monoisotopic (exact) mass is 398 g/mol.